The van der Waals surface area contributed by atoms with Gasteiger partial charge < -0.3 is 15.2 Å². The van der Waals surface area contributed by atoms with E-state index in [1.165, 1.54) is 10.4 Å². The van der Waals surface area contributed by atoms with Crippen LogP contribution in [0.2, 0.25) is 0 Å². The summed E-state index contributed by atoms with van der Waals surface area (Å²) in [7, 11) is 0. The molecule has 3 nitrogen and oxygen atoms in total. The standard InChI is InChI=1S/C15H17NO2S/c1-10-5-8-19-15(10)14(16)11-3-4-12-13(9-11)18-7-2-6-17-12/h3-5,8-9,14H,2,6-7,16H2,1H3. The van der Waals surface area contributed by atoms with Crippen LogP contribution >= 0.6 is 11.3 Å². The first-order valence-electron chi connectivity index (χ1n) is 6.45. The summed E-state index contributed by atoms with van der Waals surface area (Å²) >= 11 is 1.70. The third-order valence-corrected chi connectivity index (χ3v) is 4.42. The van der Waals surface area contributed by atoms with Gasteiger partial charge in [0.05, 0.1) is 19.3 Å². The predicted octanol–water partition coefficient (Wildman–Crippen LogP) is 3.27. The Labute approximate surface area is 117 Å². The Kier molecular flexibility index (Phi) is 3.44. The van der Waals surface area contributed by atoms with E-state index in [-0.39, 0.29) is 6.04 Å². The fraction of sp³-hybridized carbons (Fsp3) is 0.333. The Balaban J connectivity index is 1.93. The molecule has 0 bridgehead atoms. The first kappa shape index (κ1) is 12.5. The second kappa shape index (κ2) is 5.23. The average molecular weight is 275 g/mol. The Morgan fingerprint density at radius 2 is 1.95 bits per heavy atom. The highest BCUT2D eigenvalue weighted by atomic mass is 32.1. The van der Waals surface area contributed by atoms with Crippen molar-refractivity contribution in [2.24, 2.45) is 5.73 Å². The lowest BCUT2D eigenvalue weighted by Crippen LogP contribution is -2.11. The number of benzene rings is 1. The smallest absolute Gasteiger partial charge is 0.161 e. The van der Waals surface area contributed by atoms with Crippen LogP contribution in [0.25, 0.3) is 0 Å². The Morgan fingerprint density at radius 3 is 2.68 bits per heavy atom. The van der Waals surface area contributed by atoms with Gasteiger partial charge in [-0.3, -0.25) is 0 Å². The van der Waals surface area contributed by atoms with Gasteiger partial charge in [0.15, 0.2) is 11.5 Å². The average Bonchev–Trinajstić information content (AvgIpc) is 2.72. The lowest BCUT2D eigenvalue weighted by atomic mass is 10.0. The van der Waals surface area contributed by atoms with Crippen molar-refractivity contribution >= 4 is 11.3 Å². The molecule has 0 spiro atoms. The Bertz CT molecular complexity index is 579. The maximum Gasteiger partial charge on any atom is 0.161 e. The maximum atomic E-state index is 6.35. The van der Waals surface area contributed by atoms with Gasteiger partial charge >= 0.3 is 0 Å². The summed E-state index contributed by atoms with van der Waals surface area (Å²) in [6.07, 6.45) is 0.917. The predicted molar refractivity (Wildman–Crippen MR) is 77.1 cm³/mol. The third kappa shape index (κ3) is 2.46. The quantitative estimate of drug-likeness (QED) is 0.915. The molecule has 0 radical (unpaired) electrons. The first-order valence-corrected chi connectivity index (χ1v) is 7.33. The van der Waals surface area contributed by atoms with Gasteiger partial charge in [0, 0.05) is 11.3 Å². The zero-order chi connectivity index (χ0) is 13.2. The van der Waals surface area contributed by atoms with Gasteiger partial charge in [-0.1, -0.05) is 6.07 Å². The molecule has 1 unspecified atom stereocenters. The van der Waals surface area contributed by atoms with Crippen molar-refractivity contribution in [3.8, 4) is 11.5 Å². The number of thiophene rings is 1. The van der Waals surface area contributed by atoms with E-state index in [4.69, 9.17) is 15.2 Å². The molecule has 2 N–H and O–H groups in total. The molecule has 1 atom stereocenters. The van der Waals surface area contributed by atoms with Crippen molar-refractivity contribution in [2.75, 3.05) is 13.2 Å². The van der Waals surface area contributed by atoms with Crippen LogP contribution in [-0.4, -0.2) is 13.2 Å². The monoisotopic (exact) mass is 275 g/mol. The summed E-state index contributed by atoms with van der Waals surface area (Å²) in [4.78, 5) is 1.20. The van der Waals surface area contributed by atoms with E-state index < -0.39 is 0 Å². The largest absolute Gasteiger partial charge is 0.490 e. The van der Waals surface area contributed by atoms with Gasteiger partial charge in [0.1, 0.15) is 0 Å². The second-order valence-electron chi connectivity index (χ2n) is 4.70. The molecule has 3 rings (SSSR count). The van der Waals surface area contributed by atoms with E-state index in [1.54, 1.807) is 11.3 Å². The van der Waals surface area contributed by atoms with E-state index in [2.05, 4.69) is 18.4 Å². The molecule has 2 heterocycles. The van der Waals surface area contributed by atoms with Crippen molar-refractivity contribution in [1.29, 1.82) is 0 Å². The molecule has 0 fully saturated rings. The van der Waals surface area contributed by atoms with Gasteiger partial charge in [-0.25, -0.2) is 0 Å². The number of hydrogen-bond donors (Lipinski definition) is 1. The van der Waals surface area contributed by atoms with E-state index in [0.717, 1.165) is 23.5 Å². The van der Waals surface area contributed by atoms with Crippen LogP contribution in [0, 0.1) is 6.92 Å². The van der Waals surface area contributed by atoms with Crippen molar-refractivity contribution in [1.82, 2.24) is 0 Å². The van der Waals surface area contributed by atoms with E-state index >= 15 is 0 Å². The van der Waals surface area contributed by atoms with Crippen molar-refractivity contribution in [2.45, 2.75) is 19.4 Å². The summed E-state index contributed by atoms with van der Waals surface area (Å²) in [6.45, 7) is 3.50. The highest BCUT2D eigenvalue weighted by Crippen LogP contribution is 2.35. The summed E-state index contributed by atoms with van der Waals surface area (Å²) in [5.74, 6) is 1.62. The Morgan fingerprint density at radius 1 is 1.16 bits per heavy atom. The SMILES string of the molecule is Cc1ccsc1C(N)c1ccc2c(c1)OCCCO2. The molecule has 1 aromatic heterocycles. The highest BCUT2D eigenvalue weighted by molar-refractivity contribution is 7.10. The normalized spacial score (nSPS) is 15.9. The third-order valence-electron chi connectivity index (χ3n) is 3.31. The molecule has 100 valence electrons. The summed E-state index contributed by atoms with van der Waals surface area (Å²) < 4.78 is 11.3. The minimum absolute atomic E-state index is 0.0999. The van der Waals surface area contributed by atoms with E-state index in [1.807, 2.05) is 18.2 Å². The number of ether oxygens (including phenoxy) is 2. The first-order chi connectivity index (χ1) is 9.25. The van der Waals surface area contributed by atoms with Gasteiger partial charge in [0.25, 0.3) is 0 Å². The molecule has 1 aromatic carbocycles. The lowest BCUT2D eigenvalue weighted by Gasteiger charge is -2.14. The van der Waals surface area contributed by atoms with Gasteiger partial charge in [-0.15, -0.1) is 11.3 Å². The molecule has 0 saturated carbocycles. The lowest BCUT2D eigenvalue weighted by molar-refractivity contribution is 0.297. The molecule has 19 heavy (non-hydrogen) atoms. The fourth-order valence-corrected chi connectivity index (χ4v) is 3.18. The van der Waals surface area contributed by atoms with Crippen LogP contribution in [0.4, 0.5) is 0 Å². The number of fused-ring (bicyclic) bond motifs is 1. The second-order valence-corrected chi connectivity index (χ2v) is 5.65. The van der Waals surface area contributed by atoms with Crippen LogP contribution < -0.4 is 15.2 Å². The number of aryl methyl sites for hydroxylation is 1. The molecular formula is C15H17NO2S. The van der Waals surface area contributed by atoms with Crippen LogP contribution in [0.5, 0.6) is 11.5 Å². The molecule has 2 aromatic rings. The van der Waals surface area contributed by atoms with Crippen LogP contribution in [-0.2, 0) is 0 Å². The molecule has 0 amide bonds. The highest BCUT2D eigenvalue weighted by Gasteiger charge is 2.17. The number of rotatable bonds is 2. The van der Waals surface area contributed by atoms with Gasteiger partial charge in [-0.2, -0.15) is 0 Å². The van der Waals surface area contributed by atoms with Crippen LogP contribution in [0.1, 0.15) is 28.5 Å². The molecule has 4 heteroatoms. The van der Waals surface area contributed by atoms with Gasteiger partial charge in [0.2, 0.25) is 0 Å². The molecule has 0 saturated heterocycles. The molecular weight excluding hydrogens is 258 g/mol. The Hall–Kier alpha value is -1.52. The maximum absolute atomic E-state index is 6.35. The summed E-state index contributed by atoms with van der Waals surface area (Å²) in [5.41, 5.74) is 8.65. The topological polar surface area (TPSA) is 44.5 Å². The van der Waals surface area contributed by atoms with E-state index in [0.29, 0.717) is 13.2 Å². The summed E-state index contributed by atoms with van der Waals surface area (Å²) in [5, 5.41) is 2.08. The van der Waals surface area contributed by atoms with Crippen molar-refractivity contribution in [3.63, 3.8) is 0 Å². The van der Waals surface area contributed by atoms with Gasteiger partial charge in [-0.05, 0) is 41.6 Å². The molecule has 1 aliphatic heterocycles. The number of nitrogens with two attached hydrogens (primary N) is 1. The zero-order valence-electron chi connectivity index (χ0n) is 10.9. The minimum Gasteiger partial charge on any atom is -0.490 e. The van der Waals surface area contributed by atoms with Crippen LogP contribution in [0.15, 0.2) is 29.6 Å². The number of hydrogen-bond acceptors (Lipinski definition) is 4. The fourth-order valence-electron chi connectivity index (χ4n) is 2.23. The van der Waals surface area contributed by atoms with Crippen LogP contribution in [0.3, 0.4) is 0 Å². The van der Waals surface area contributed by atoms with E-state index in [9.17, 15) is 0 Å². The zero-order valence-corrected chi connectivity index (χ0v) is 11.7. The molecule has 0 aliphatic carbocycles. The van der Waals surface area contributed by atoms with Crippen molar-refractivity contribution in [3.05, 3.63) is 45.6 Å². The minimum atomic E-state index is -0.0999. The van der Waals surface area contributed by atoms with Crippen molar-refractivity contribution < 1.29 is 9.47 Å². The summed E-state index contributed by atoms with van der Waals surface area (Å²) in [6, 6.07) is 7.99. The molecule has 1 aliphatic rings.